The zero-order chi connectivity index (χ0) is 19.7. The molecule has 2 aliphatic rings. The molecular formula is C20H32IN3O3S. The van der Waals surface area contributed by atoms with Gasteiger partial charge in [-0.15, -0.1) is 24.0 Å². The topological polar surface area (TPSA) is 71.0 Å². The van der Waals surface area contributed by atoms with Crippen molar-refractivity contribution >= 4 is 39.8 Å². The van der Waals surface area contributed by atoms with Gasteiger partial charge in [0, 0.05) is 30.6 Å². The second kappa shape index (κ2) is 8.77. The summed E-state index contributed by atoms with van der Waals surface area (Å²) in [6, 6.07) is 8.17. The van der Waals surface area contributed by atoms with Crippen LogP contribution < -0.4 is 10.1 Å². The molecule has 0 spiro atoms. The number of hydrogen-bond acceptors (Lipinski definition) is 4. The van der Waals surface area contributed by atoms with Crippen molar-refractivity contribution < 1.29 is 13.2 Å². The van der Waals surface area contributed by atoms with E-state index in [1.54, 1.807) is 21.0 Å². The van der Waals surface area contributed by atoms with Gasteiger partial charge in [-0.3, -0.25) is 4.99 Å². The van der Waals surface area contributed by atoms with E-state index in [0.29, 0.717) is 19.6 Å². The molecule has 1 aliphatic carbocycles. The summed E-state index contributed by atoms with van der Waals surface area (Å²) in [5, 5.41) is 3.35. The summed E-state index contributed by atoms with van der Waals surface area (Å²) >= 11 is 0. The zero-order valence-corrected chi connectivity index (χ0v) is 20.3. The van der Waals surface area contributed by atoms with Crippen molar-refractivity contribution in [3.8, 4) is 5.75 Å². The number of nitrogens with one attached hydrogen (secondary N) is 1. The summed E-state index contributed by atoms with van der Waals surface area (Å²) in [6.07, 6.45) is 2.19. The van der Waals surface area contributed by atoms with E-state index in [1.807, 2.05) is 25.1 Å². The van der Waals surface area contributed by atoms with Gasteiger partial charge in [0.25, 0.3) is 0 Å². The third-order valence-electron chi connectivity index (χ3n) is 5.74. The highest BCUT2D eigenvalue weighted by molar-refractivity contribution is 14.0. The fourth-order valence-corrected chi connectivity index (χ4v) is 5.09. The monoisotopic (exact) mass is 521 g/mol. The van der Waals surface area contributed by atoms with Crippen molar-refractivity contribution in [2.45, 2.75) is 43.8 Å². The maximum absolute atomic E-state index is 12.3. The third-order valence-corrected chi connectivity index (χ3v) is 8.27. The SMILES string of the molecule is CCNC(=NCC1(c2ccccc2OC)CC1)N1CCS(=O)(=O)C(C)(C)C1.I. The van der Waals surface area contributed by atoms with Crippen LogP contribution in [0.25, 0.3) is 0 Å². The Balaban J connectivity index is 0.00000280. The molecule has 0 atom stereocenters. The van der Waals surface area contributed by atoms with E-state index in [2.05, 4.69) is 16.3 Å². The highest BCUT2D eigenvalue weighted by Gasteiger charge is 2.46. The minimum absolute atomic E-state index is 0. The first kappa shape index (κ1) is 23.3. The third kappa shape index (κ3) is 4.58. The molecule has 0 bridgehead atoms. The molecule has 1 N–H and O–H groups in total. The molecule has 28 heavy (non-hydrogen) atoms. The zero-order valence-electron chi connectivity index (χ0n) is 17.2. The van der Waals surface area contributed by atoms with E-state index >= 15 is 0 Å². The fourth-order valence-electron chi connectivity index (χ4n) is 3.72. The van der Waals surface area contributed by atoms with Gasteiger partial charge < -0.3 is 15.0 Å². The number of sulfone groups is 1. The number of methoxy groups -OCH3 is 1. The number of guanidine groups is 1. The summed E-state index contributed by atoms with van der Waals surface area (Å²) in [4.78, 5) is 7.00. The minimum atomic E-state index is -3.07. The average molecular weight is 521 g/mol. The molecular weight excluding hydrogens is 489 g/mol. The Labute approximate surface area is 186 Å². The van der Waals surface area contributed by atoms with Crippen molar-refractivity contribution in [3.63, 3.8) is 0 Å². The van der Waals surface area contributed by atoms with E-state index in [4.69, 9.17) is 9.73 Å². The molecule has 1 heterocycles. The van der Waals surface area contributed by atoms with E-state index in [-0.39, 0.29) is 35.1 Å². The molecule has 1 aliphatic heterocycles. The van der Waals surface area contributed by atoms with Crippen LogP contribution >= 0.6 is 24.0 Å². The molecule has 1 saturated carbocycles. The van der Waals surface area contributed by atoms with E-state index in [9.17, 15) is 8.42 Å². The van der Waals surface area contributed by atoms with E-state index < -0.39 is 14.6 Å². The first-order chi connectivity index (χ1) is 12.7. The molecule has 1 saturated heterocycles. The number of benzene rings is 1. The van der Waals surface area contributed by atoms with Crippen LogP contribution in [0.2, 0.25) is 0 Å². The normalized spacial score (nSPS) is 22.1. The highest BCUT2D eigenvalue weighted by Crippen LogP contribution is 2.51. The minimum Gasteiger partial charge on any atom is -0.496 e. The van der Waals surface area contributed by atoms with Gasteiger partial charge in [0.15, 0.2) is 15.8 Å². The van der Waals surface area contributed by atoms with Gasteiger partial charge in [0.05, 0.1) is 24.2 Å². The molecule has 6 nitrogen and oxygen atoms in total. The van der Waals surface area contributed by atoms with Crippen molar-refractivity contribution in [2.75, 3.05) is 39.0 Å². The van der Waals surface area contributed by atoms with Crippen LogP contribution in [-0.4, -0.2) is 63.1 Å². The van der Waals surface area contributed by atoms with E-state index in [0.717, 1.165) is 31.1 Å². The van der Waals surface area contributed by atoms with Crippen LogP contribution in [0.3, 0.4) is 0 Å². The second-order valence-corrected chi connectivity index (χ2v) is 10.9. The molecule has 158 valence electrons. The van der Waals surface area contributed by atoms with Crippen molar-refractivity contribution in [3.05, 3.63) is 29.8 Å². The van der Waals surface area contributed by atoms with Crippen molar-refractivity contribution in [1.29, 1.82) is 0 Å². The molecule has 8 heteroatoms. The summed E-state index contributed by atoms with van der Waals surface area (Å²) in [5.74, 6) is 1.89. The smallest absolute Gasteiger partial charge is 0.194 e. The van der Waals surface area contributed by atoms with Gasteiger partial charge in [-0.05, 0) is 39.7 Å². The van der Waals surface area contributed by atoms with Gasteiger partial charge in [-0.1, -0.05) is 18.2 Å². The number of para-hydroxylation sites is 1. The van der Waals surface area contributed by atoms with Crippen molar-refractivity contribution in [1.82, 2.24) is 10.2 Å². The largest absolute Gasteiger partial charge is 0.496 e. The molecule has 1 aromatic carbocycles. The lowest BCUT2D eigenvalue weighted by Crippen LogP contribution is -2.57. The van der Waals surface area contributed by atoms with E-state index in [1.165, 1.54) is 5.56 Å². The van der Waals surface area contributed by atoms with Crippen LogP contribution in [0, 0.1) is 0 Å². The predicted octanol–water partition coefficient (Wildman–Crippen LogP) is 2.82. The highest BCUT2D eigenvalue weighted by atomic mass is 127. The number of hydrogen-bond donors (Lipinski definition) is 1. The van der Waals surface area contributed by atoms with Gasteiger partial charge in [0.1, 0.15) is 5.75 Å². The lowest BCUT2D eigenvalue weighted by molar-refractivity contribution is 0.352. The number of rotatable bonds is 5. The van der Waals surface area contributed by atoms with Gasteiger partial charge in [0.2, 0.25) is 0 Å². The Morgan fingerprint density at radius 1 is 1.29 bits per heavy atom. The first-order valence-corrected chi connectivity index (χ1v) is 11.3. The van der Waals surface area contributed by atoms with Gasteiger partial charge in [-0.2, -0.15) is 0 Å². The lowest BCUT2D eigenvalue weighted by Gasteiger charge is -2.39. The maximum atomic E-state index is 12.3. The Kier molecular flexibility index (Phi) is 7.28. The molecule has 0 aromatic heterocycles. The van der Waals surface area contributed by atoms with Crippen molar-refractivity contribution in [2.24, 2.45) is 4.99 Å². The van der Waals surface area contributed by atoms with Crippen LogP contribution in [0.5, 0.6) is 5.75 Å². The number of aliphatic imine (C=N–C) groups is 1. The number of nitrogens with zero attached hydrogens (tertiary/aromatic N) is 2. The maximum Gasteiger partial charge on any atom is 0.194 e. The van der Waals surface area contributed by atoms with Crippen LogP contribution in [0.1, 0.15) is 39.2 Å². The fraction of sp³-hybridized carbons (Fsp3) is 0.650. The number of ether oxygens (including phenoxy) is 1. The Morgan fingerprint density at radius 2 is 1.96 bits per heavy atom. The van der Waals surface area contributed by atoms with Crippen LogP contribution in [-0.2, 0) is 15.3 Å². The number of halogens is 1. The molecule has 1 aromatic rings. The Morgan fingerprint density at radius 3 is 2.54 bits per heavy atom. The summed E-state index contributed by atoms with van der Waals surface area (Å²) in [6.45, 7) is 8.02. The molecule has 2 fully saturated rings. The molecule has 0 unspecified atom stereocenters. The lowest BCUT2D eigenvalue weighted by atomic mass is 9.95. The first-order valence-electron chi connectivity index (χ1n) is 9.64. The van der Waals surface area contributed by atoms with Gasteiger partial charge in [-0.25, -0.2) is 8.42 Å². The Hall–Kier alpha value is -1.03. The van der Waals surface area contributed by atoms with Crippen LogP contribution in [0.15, 0.2) is 29.3 Å². The summed E-state index contributed by atoms with van der Waals surface area (Å²) in [5.41, 5.74) is 1.25. The van der Waals surface area contributed by atoms with Crippen LogP contribution in [0.4, 0.5) is 0 Å². The standard InChI is InChI=1S/C20H31N3O3S.HI/c1-5-21-18(23-12-13-27(24,25)19(2,3)15-23)22-14-20(10-11-20)16-8-6-7-9-17(16)26-4;/h6-9H,5,10-15H2,1-4H3,(H,21,22);1H. The predicted molar refractivity (Wildman–Crippen MR) is 125 cm³/mol. The van der Waals surface area contributed by atoms with Gasteiger partial charge >= 0.3 is 0 Å². The molecule has 0 amide bonds. The Bertz CT molecular complexity index is 820. The average Bonchev–Trinajstić information content (AvgIpc) is 3.42. The second-order valence-electron chi connectivity index (χ2n) is 8.15. The quantitative estimate of drug-likeness (QED) is 0.367. The molecule has 3 rings (SSSR count). The summed E-state index contributed by atoms with van der Waals surface area (Å²) < 4.78 is 29.4. The summed E-state index contributed by atoms with van der Waals surface area (Å²) in [7, 11) is -1.36. The molecule has 0 radical (unpaired) electrons.